The molecule has 2 amide bonds. The molecule has 3 N–H and O–H groups in total. The molecule has 8 nitrogen and oxygen atoms in total. The number of rotatable bonds is 4. The normalized spacial score (nSPS) is 17.9. The van der Waals surface area contributed by atoms with Gasteiger partial charge in [-0.05, 0) is 50.5 Å². The Kier molecular flexibility index (Phi) is 5.28. The molecule has 1 fully saturated rings. The average Bonchev–Trinajstić information content (AvgIpc) is 3.24. The van der Waals surface area contributed by atoms with Crippen LogP contribution in [-0.4, -0.2) is 25.0 Å². The number of aromatic nitrogens is 3. The second-order valence-electron chi connectivity index (χ2n) is 7.53. The Balaban J connectivity index is 1.76. The van der Waals surface area contributed by atoms with Crippen molar-refractivity contribution >= 4 is 21.6 Å². The fourth-order valence-corrected chi connectivity index (χ4v) is 4.69. The average molecular weight is 460 g/mol. The van der Waals surface area contributed by atoms with Crippen LogP contribution in [0.4, 0.5) is 28.0 Å². The van der Waals surface area contributed by atoms with Crippen LogP contribution in [0.1, 0.15) is 54.6 Å². The largest absolute Gasteiger partial charge is 0.433 e. The highest BCUT2D eigenvalue weighted by molar-refractivity contribution is 7.91. The number of hydrogen-bond acceptors (Lipinski definition) is 4. The van der Waals surface area contributed by atoms with Crippen molar-refractivity contribution in [3.8, 4) is 0 Å². The molecule has 0 saturated heterocycles. The SMILES string of the molecule is CCn1cc(F)c(S(N)(=O)=NC(=O)Nc2c3c(nc(C(F)(F)F)c2C2CC2)CCC3)n1. The Morgan fingerprint density at radius 2 is 2.10 bits per heavy atom. The van der Waals surface area contributed by atoms with Crippen LogP contribution in [0.15, 0.2) is 15.6 Å². The molecule has 2 heterocycles. The predicted molar refractivity (Wildman–Crippen MR) is 103 cm³/mol. The number of halogens is 4. The number of nitrogens with zero attached hydrogens (tertiary/aromatic N) is 4. The Labute approximate surface area is 175 Å². The van der Waals surface area contributed by atoms with E-state index in [2.05, 4.69) is 19.8 Å². The first-order valence-electron chi connectivity index (χ1n) is 9.73. The smallest absolute Gasteiger partial charge is 0.305 e. The quantitative estimate of drug-likeness (QED) is 0.676. The lowest BCUT2D eigenvalue weighted by Gasteiger charge is -2.19. The molecule has 0 spiro atoms. The van der Waals surface area contributed by atoms with Crippen molar-refractivity contribution in [3.63, 3.8) is 0 Å². The molecular formula is C18H20F4N6O2S. The van der Waals surface area contributed by atoms with Gasteiger partial charge in [-0.25, -0.2) is 23.5 Å². The van der Waals surface area contributed by atoms with E-state index in [0.717, 1.165) is 10.9 Å². The summed E-state index contributed by atoms with van der Waals surface area (Å²) in [5.41, 5.74) is -0.314. The zero-order valence-electron chi connectivity index (χ0n) is 16.5. The minimum atomic E-state index is -4.69. The molecule has 0 aliphatic heterocycles. The highest BCUT2D eigenvalue weighted by Crippen LogP contribution is 2.50. The zero-order valence-corrected chi connectivity index (χ0v) is 17.3. The van der Waals surface area contributed by atoms with Crippen molar-refractivity contribution in [1.29, 1.82) is 0 Å². The number of amides is 2. The summed E-state index contributed by atoms with van der Waals surface area (Å²) in [6.07, 6.45) is -1.25. The van der Waals surface area contributed by atoms with E-state index >= 15 is 0 Å². The van der Waals surface area contributed by atoms with Gasteiger partial charge >= 0.3 is 12.2 Å². The van der Waals surface area contributed by atoms with Gasteiger partial charge in [-0.1, -0.05) is 0 Å². The number of carbonyl (C=O) groups is 1. The third kappa shape index (κ3) is 4.15. The van der Waals surface area contributed by atoms with Crippen LogP contribution in [0.3, 0.4) is 0 Å². The fraction of sp³-hybridized carbons (Fsp3) is 0.500. The van der Waals surface area contributed by atoms with Gasteiger partial charge in [0.1, 0.15) is 5.69 Å². The number of pyridine rings is 1. The van der Waals surface area contributed by atoms with Gasteiger partial charge in [0.15, 0.2) is 15.7 Å². The van der Waals surface area contributed by atoms with Crippen molar-refractivity contribution in [2.75, 3.05) is 5.32 Å². The summed E-state index contributed by atoms with van der Waals surface area (Å²) in [6, 6.07) is -1.23. The second-order valence-corrected chi connectivity index (χ2v) is 9.23. The van der Waals surface area contributed by atoms with Crippen molar-refractivity contribution in [2.45, 2.75) is 62.7 Å². The van der Waals surface area contributed by atoms with Gasteiger partial charge in [-0.3, -0.25) is 4.68 Å². The molecule has 0 radical (unpaired) electrons. The number of aryl methyl sites for hydroxylation is 2. The lowest BCUT2D eigenvalue weighted by atomic mass is 10.00. The lowest BCUT2D eigenvalue weighted by molar-refractivity contribution is -0.141. The van der Waals surface area contributed by atoms with E-state index in [1.54, 1.807) is 6.92 Å². The summed E-state index contributed by atoms with van der Waals surface area (Å²) in [5.74, 6) is -1.38. The highest BCUT2D eigenvalue weighted by atomic mass is 32.2. The standard InChI is InChI=1S/C18H20F4N6O2S/c1-2-28-8-11(19)16(26-28)31(23,30)27-17(29)25-14-10-4-3-5-12(10)24-15(18(20,21)22)13(14)9-6-7-9/h8-9H,2-7H2,1H3,(H3,23,24,25,27,29,30). The number of fused-ring (bicyclic) bond motifs is 1. The van der Waals surface area contributed by atoms with E-state index in [9.17, 15) is 26.6 Å². The first kappa shape index (κ1) is 21.7. The molecular weight excluding hydrogens is 440 g/mol. The van der Waals surface area contributed by atoms with Gasteiger partial charge < -0.3 is 5.32 Å². The number of alkyl halides is 3. The Hall–Kier alpha value is -2.54. The topological polar surface area (TPSA) is 115 Å². The van der Waals surface area contributed by atoms with Gasteiger partial charge in [0.25, 0.3) is 0 Å². The van der Waals surface area contributed by atoms with Crippen LogP contribution < -0.4 is 10.5 Å². The maximum atomic E-state index is 14.0. The number of urea groups is 1. The van der Waals surface area contributed by atoms with Crippen molar-refractivity contribution in [2.24, 2.45) is 9.50 Å². The Morgan fingerprint density at radius 1 is 1.39 bits per heavy atom. The Morgan fingerprint density at radius 3 is 2.68 bits per heavy atom. The number of nitrogens with two attached hydrogens (primary N) is 1. The maximum absolute atomic E-state index is 14.0. The van der Waals surface area contributed by atoms with E-state index in [-0.39, 0.29) is 29.4 Å². The summed E-state index contributed by atoms with van der Waals surface area (Å²) in [5, 5.41) is 11.0. The third-order valence-electron chi connectivity index (χ3n) is 5.25. The third-order valence-corrected chi connectivity index (χ3v) is 6.52. The molecule has 2 aliphatic rings. The molecule has 13 heteroatoms. The number of carbonyl (C=O) groups excluding carboxylic acids is 1. The first-order valence-corrected chi connectivity index (χ1v) is 11.3. The van der Waals surface area contributed by atoms with Gasteiger partial charge in [0, 0.05) is 17.8 Å². The molecule has 0 aromatic carbocycles. The van der Waals surface area contributed by atoms with Crippen LogP contribution in [0, 0.1) is 5.82 Å². The van der Waals surface area contributed by atoms with E-state index in [1.165, 1.54) is 0 Å². The second kappa shape index (κ2) is 7.55. The summed E-state index contributed by atoms with van der Waals surface area (Å²) in [7, 11) is -4.05. The molecule has 168 valence electrons. The minimum absolute atomic E-state index is 0.000773. The van der Waals surface area contributed by atoms with Crippen molar-refractivity contribution < 1.29 is 26.6 Å². The van der Waals surface area contributed by atoms with Gasteiger partial charge in [0.05, 0.1) is 11.9 Å². The molecule has 2 aliphatic carbocycles. The summed E-state index contributed by atoms with van der Waals surface area (Å²) in [4.78, 5) is 16.4. The van der Waals surface area contributed by atoms with Gasteiger partial charge in [0.2, 0.25) is 5.03 Å². The van der Waals surface area contributed by atoms with E-state index in [4.69, 9.17) is 5.14 Å². The van der Waals surface area contributed by atoms with E-state index < -0.39 is 38.7 Å². The summed E-state index contributed by atoms with van der Waals surface area (Å²) >= 11 is 0. The monoisotopic (exact) mass is 460 g/mol. The number of hydrogen-bond donors (Lipinski definition) is 2. The molecule has 1 atom stereocenters. The minimum Gasteiger partial charge on any atom is -0.305 e. The number of nitrogens with one attached hydrogen (secondary N) is 1. The van der Waals surface area contributed by atoms with Crippen LogP contribution in [-0.2, 0) is 35.5 Å². The molecule has 2 aromatic heterocycles. The molecule has 4 rings (SSSR count). The fourth-order valence-electron chi connectivity index (χ4n) is 3.76. The maximum Gasteiger partial charge on any atom is 0.433 e. The van der Waals surface area contributed by atoms with Crippen molar-refractivity contribution in [3.05, 3.63) is 34.5 Å². The molecule has 1 unspecified atom stereocenters. The molecule has 0 bridgehead atoms. The van der Waals surface area contributed by atoms with Gasteiger partial charge in [-0.2, -0.15) is 18.3 Å². The highest BCUT2D eigenvalue weighted by Gasteiger charge is 2.43. The first-order chi connectivity index (χ1) is 14.5. The molecule has 1 saturated carbocycles. The lowest BCUT2D eigenvalue weighted by Crippen LogP contribution is -2.22. The van der Waals surface area contributed by atoms with Crippen LogP contribution >= 0.6 is 0 Å². The van der Waals surface area contributed by atoms with Gasteiger partial charge in [-0.15, -0.1) is 4.36 Å². The van der Waals surface area contributed by atoms with Crippen LogP contribution in [0.2, 0.25) is 0 Å². The molecule has 31 heavy (non-hydrogen) atoms. The van der Waals surface area contributed by atoms with E-state index in [1.807, 2.05) is 0 Å². The Bertz CT molecular complexity index is 1180. The summed E-state index contributed by atoms with van der Waals surface area (Å²) < 4.78 is 72.3. The number of anilines is 1. The predicted octanol–water partition coefficient (Wildman–Crippen LogP) is 3.75. The molecule has 2 aromatic rings. The van der Waals surface area contributed by atoms with Crippen LogP contribution in [0.25, 0.3) is 0 Å². The van der Waals surface area contributed by atoms with E-state index in [0.29, 0.717) is 37.7 Å². The van der Waals surface area contributed by atoms with Crippen molar-refractivity contribution in [1.82, 2.24) is 14.8 Å². The van der Waals surface area contributed by atoms with Crippen LogP contribution in [0.5, 0.6) is 0 Å². The zero-order chi connectivity index (χ0) is 22.6. The summed E-state index contributed by atoms with van der Waals surface area (Å²) in [6.45, 7) is 1.94.